The second-order valence-corrected chi connectivity index (χ2v) is 6.82. The summed E-state index contributed by atoms with van der Waals surface area (Å²) in [7, 11) is 0. The summed E-state index contributed by atoms with van der Waals surface area (Å²) in [6, 6.07) is 3.78. The lowest BCUT2D eigenvalue weighted by molar-refractivity contribution is -0.201. The molecule has 0 amide bonds. The van der Waals surface area contributed by atoms with Gasteiger partial charge in [-0.3, -0.25) is 0 Å². The smallest absolute Gasteiger partial charge is 0.399 e. The lowest BCUT2D eigenvalue weighted by Gasteiger charge is -2.36. The molecule has 1 fully saturated rings. The van der Waals surface area contributed by atoms with Crippen molar-refractivity contribution in [2.24, 2.45) is 5.41 Å². The molecule has 0 unspecified atom stereocenters. The highest BCUT2D eigenvalue weighted by Gasteiger charge is 2.36. The van der Waals surface area contributed by atoms with Gasteiger partial charge in [-0.15, -0.1) is 5.06 Å². The number of carbonyl (C=O) groups excluding carboxylic acids is 1. The van der Waals surface area contributed by atoms with Gasteiger partial charge in [0.05, 0.1) is 24.1 Å². The summed E-state index contributed by atoms with van der Waals surface area (Å²) >= 11 is 0. The number of nitrogens with zero attached hydrogens (tertiary/aromatic N) is 2. The van der Waals surface area contributed by atoms with Crippen molar-refractivity contribution in [3.63, 3.8) is 0 Å². The predicted molar refractivity (Wildman–Crippen MR) is 85.2 cm³/mol. The van der Waals surface area contributed by atoms with Crippen LogP contribution in [-0.2, 0) is 15.8 Å². The van der Waals surface area contributed by atoms with E-state index in [1.807, 2.05) is 0 Å². The standard InChI is InChI=1S/C16H22F3N3O2/c1-15(2,3)14(23)24-22-8-6-21(7-9-22)13-5-4-11(20)10-12(13)16(17,18)19/h4-5,10H,6-9,20H2,1-3H3. The van der Waals surface area contributed by atoms with Crippen LogP contribution in [0.2, 0.25) is 0 Å². The molecule has 1 aromatic carbocycles. The average Bonchev–Trinajstić information content (AvgIpc) is 2.46. The Bertz CT molecular complexity index is 604. The van der Waals surface area contributed by atoms with Gasteiger partial charge >= 0.3 is 12.1 Å². The molecule has 1 saturated heterocycles. The van der Waals surface area contributed by atoms with E-state index < -0.39 is 17.2 Å². The van der Waals surface area contributed by atoms with Gasteiger partial charge in [0, 0.05) is 24.5 Å². The molecule has 0 aromatic heterocycles. The molecule has 1 aliphatic heterocycles. The number of rotatable bonds is 2. The monoisotopic (exact) mass is 345 g/mol. The summed E-state index contributed by atoms with van der Waals surface area (Å²) in [5.74, 6) is -0.362. The Hall–Kier alpha value is -1.96. The normalized spacial score (nSPS) is 17.0. The summed E-state index contributed by atoms with van der Waals surface area (Å²) in [5, 5.41) is 1.49. The molecular weight excluding hydrogens is 323 g/mol. The van der Waals surface area contributed by atoms with E-state index in [0.29, 0.717) is 26.2 Å². The molecule has 2 N–H and O–H groups in total. The Balaban J connectivity index is 2.07. The van der Waals surface area contributed by atoms with Crippen LogP contribution >= 0.6 is 0 Å². The van der Waals surface area contributed by atoms with Crippen LogP contribution in [0.4, 0.5) is 24.5 Å². The third kappa shape index (κ3) is 4.31. The van der Waals surface area contributed by atoms with Gasteiger partial charge in [0.15, 0.2) is 0 Å². The number of anilines is 2. The first-order chi connectivity index (χ1) is 11.0. The SMILES string of the molecule is CC(C)(C)C(=O)ON1CCN(c2ccc(N)cc2C(F)(F)F)CC1. The Morgan fingerprint density at radius 2 is 1.71 bits per heavy atom. The Morgan fingerprint density at radius 1 is 1.12 bits per heavy atom. The number of nitrogen functional groups attached to an aromatic ring is 1. The fourth-order valence-corrected chi connectivity index (χ4v) is 2.33. The zero-order valence-electron chi connectivity index (χ0n) is 14.0. The van der Waals surface area contributed by atoms with Gasteiger partial charge in [0.1, 0.15) is 0 Å². The summed E-state index contributed by atoms with van der Waals surface area (Å²) in [6.45, 7) is 6.56. The molecule has 8 heteroatoms. The summed E-state index contributed by atoms with van der Waals surface area (Å²) in [4.78, 5) is 18.8. The zero-order valence-corrected chi connectivity index (χ0v) is 14.0. The molecule has 0 atom stereocenters. The van der Waals surface area contributed by atoms with E-state index >= 15 is 0 Å². The number of halogens is 3. The van der Waals surface area contributed by atoms with Crippen molar-refractivity contribution in [1.29, 1.82) is 0 Å². The Labute approximate surface area is 139 Å². The van der Waals surface area contributed by atoms with Crippen LogP contribution in [0.1, 0.15) is 26.3 Å². The molecule has 1 aromatic rings. The average molecular weight is 345 g/mol. The number of alkyl halides is 3. The summed E-state index contributed by atoms with van der Waals surface area (Å²) in [6.07, 6.45) is -4.47. The van der Waals surface area contributed by atoms with Gasteiger partial charge in [-0.1, -0.05) is 0 Å². The van der Waals surface area contributed by atoms with Crippen LogP contribution < -0.4 is 10.6 Å². The number of benzene rings is 1. The van der Waals surface area contributed by atoms with Crippen molar-refractivity contribution < 1.29 is 22.8 Å². The van der Waals surface area contributed by atoms with Crippen molar-refractivity contribution in [2.75, 3.05) is 36.8 Å². The van der Waals surface area contributed by atoms with Crippen LogP contribution in [0.5, 0.6) is 0 Å². The second-order valence-electron chi connectivity index (χ2n) is 6.82. The summed E-state index contributed by atoms with van der Waals surface area (Å²) in [5.41, 5.74) is 4.28. The molecule has 1 heterocycles. The van der Waals surface area contributed by atoms with Crippen molar-refractivity contribution in [2.45, 2.75) is 26.9 Å². The predicted octanol–water partition coefficient (Wildman–Crippen LogP) is 2.91. The molecule has 2 rings (SSSR count). The first kappa shape index (κ1) is 18.4. The van der Waals surface area contributed by atoms with Gasteiger partial charge < -0.3 is 15.5 Å². The van der Waals surface area contributed by atoms with E-state index in [-0.39, 0.29) is 17.3 Å². The van der Waals surface area contributed by atoms with Crippen LogP contribution in [0.25, 0.3) is 0 Å². The maximum atomic E-state index is 13.2. The number of nitrogens with two attached hydrogens (primary N) is 1. The molecule has 0 spiro atoms. The highest BCUT2D eigenvalue weighted by Crippen LogP contribution is 2.38. The minimum atomic E-state index is -4.47. The van der Waals surface area contributed by atoms with Crippen LogP contribution in [0.3, 0.4) is 0 Å². The minimum absolute atomic E-state index is 0.0730. The van der Waals surface area contributed by atoms with Crippen molar-refractivity contribution in [3.8, 4) is 0 Å². The van der Waals surface area contributed by atoms with Crippen LogP contribution in [0.15, 0.2) is 18.2 Å². The largest absolute Gasteiger partial charge is 0.418 e. The zero-order chi connectivity index (χ0) is 18.1. The van der Waals surface area contributed by atoms with Gasteiger partial charge in [0.2, 0.25) is 0 Å². The van der Waals surface area contributed by atoms with E-state index in [1.165, 1.54) is 17.2 Å². The number of hydrogen-bond donors (Lipinski definition) is 1. The number of hydrogen-bond acceptors (Lipinski definition) is 5. The highest BCUT2D eigenvalue weighted by molar-refractivity contribution is 5.75. The molecule has 0 saturated carbocycles. The maximum Gasteiger partial charge on any atom is 0.418 e. The molecule has 0 radical (unpaired) electrons. The molecule has 0 bridgehead atoms. The molecule has 0 aliphatic carbocycles. The molecule has 1 aliphatic rings. The highest BCUT2D eigenvalue weighted by atomic mass is 19.4. The topological polar surface area (TPSA) is 58.8 Å². The lowest BCUT2D eigenvalue weighted by atomic mass is 9.98. The van der Waals surface area contributed by atoms with Crippen molar-refractivity contribution >= 4 is 17.3 Å². The van der Waals surface area contributed by atoms with Gasteiger partial charge in [-0.25, -0.2) is 4.79 Å². The molecule has 134 valence electrons. The van der Waals surface area contributed by atoms with E-state index in [9.17, 15) is 18.0 Å². The second kappa shape index (κ2) is 6.51. The molecule has 5 nitrogen and oxygen atoms in total. The van der Waals surface area contributed by atoms with Gasteiger partial charge in [-0.2, -0.15) is 13.2 Å². The van der Waals surface area contributed by atoms with Gasteiger partial charge in [-0.05, 0) is 39.0 Å². The lowest BCUT2D eigenvalue weighted by Crippen LogP contribution is -2.48. The fraction of sp³-hybridized carbons (Fsp3) is 0.562. The van der Waals surface area contributed by atoms with E-state index in [1.54, 1.807) is 25.7 Å². The minimum Gasteiger partial charge on any atom is -0.399 e. The number of hydroxylamine groups is 2. The van der Waals surface area contributed by atoms with Gasteiger partial charge in [0.25, 0.3) is 0 Å². The Kier molecular flexibility index (Phi) is 4.98. The first-order valence-corrected chi connectivity index (χ1v) is 7.67. The third-order valence-electron chi connectivity index (χ3n) is 3.73. The van der Waals surface area contributed by atoms with Crippen molar-refractivity contribution in [3.05, 3.63) is 23.8 Å². The van der Waals surface area contributed by atoms with E-state index in [4.69, 9.17) is 10.6 Å². The quantitative estimate of drug-likeness (QED) is 0.835. The fourth-order valence-electron chi connectivity index (χ4n) is 2.33. The van der Waals surface area contributed by atoms with Crippen LogP contribution in [-0.4, -0.2) is 37.2 Å². The van der Waals surface area contributed by atoms with E-state index in [2.05, 4.69) is 0 Å². The molecule has 24 heavy (non-hydrogen) atoms. The number of carbonyl (C=O) groups is 1. The first-order valence-electron chi connectivity index (χ1n) is 7.67. The third-order valence-corrected chi connectivity index (χ3v) is 3.73. The maximum absolute atomic E-state index is 13.2. The number of piperazine rings is 1. The van der Waals surface area contributed by atoms with Crippen molar-refractivity contribution in [1.82, 2.24) is 5.06 Å². The summed E-state index contributed by atoms with van der Waals surface area (Å²) < 4.78 is 39.6. The van der Waals surface area contributed by atoms with Crippen LogP contribution in [0, 0.1) is 5.41 Å². The van der Waals surface area contributed by atoms with E-state index in [0.717, 1.165) is 6.07 Å². The Morgan fingerprint density at radius 3 is 2.21 bits per heavy atom. The molecular formula is C16H22F3N3O2.